The van der Waals surface area contributed by atoms with Gasteiger partial charge in [0.1, 0.15) is 4.61 Å². The summed E-state index contributed by atoms with van der Waals surface area (Å²) in [7, 11) is 0. The number of carbonyl (C=O) groups excluding carboxylic acids is 1. The number of hydrogen-bond acceptors (Lipinski definition) is 4. The van der Waals surface area contributed by atoms with E-state index in [1.807, 2.05) is 64.6 Å². The minimum atomic E-state index is -0.857. The van der Waals surface area contributed by atoms with E-state index in [0.717, 1.165) is 41.6 Å². The van der Waals surface area contributed by atoms with Crippen LogP contribution in [0, 0.1) is 5.92 Å². The van der Waals surface area contributed by atoms with Crippen LogP contribution in [0.3, 0.4) is 0 Å². The molecule has 2 N–H and O–H groups in total. The van der Waals surface area contributed by atoms with Gasteiger partial charge in [0.15, 0.2) is 6.17 Å². The van der Waals surface area contributed by atoms with Gasteiger partial charge in [-0.1, -0.05) is 49.2 Å². The number of likely N-dealkylation sites (tertiary alicyclic amines) is 1. The Morgan fingerprint density at radius 1 is 1.17 bits per heavy atom. The zero-order chi connectivity index (χ0) is 20.0. The summed E-state index contributed by atoms with van der Waals surface area (Å²) in [5.41, 5.74) is 1.10. The average molecular weight is 456 g/mol. The fraction of sp³-hybridized carbons (Fsp3) is 0.435. The summed E-state index contributed by atoms with van der Waals surface area (Å²) in [5.74, 6) is 0.161. The number of nitrogens with zero attached hydrogens (tertiary/aromatic N) is 2. The first-order valence-corrected chi connectivity index (χ1v) is 11.3. The Balaban J connectivity index is 1.42. The van der Waals surface area contributed by atoms with Crippen molar-refractivity contribution in [1.29, 1.82) is 0 Å². The number of hydrogen-bond donors (Lipinski definition) is 2. The topological polar surface area (TPSA) is 55.8 Å². The molecule has 5 rings (SSSR count). The molecule has 1 aromatic rings. The predicted octanol–water partition coefficient (Wildman–Crippen LogP) is 3.54. The van der Waals surface area contributed by atoms with Gasteiger partial charge in [-0.05, 0) is 52.9 Å². The number of amides is 1. The van der Waals surface area contributed by atoms with Crippen LogP contribution in [0.2, 0.25) is 0 Å². The van der Waals surface area contributed by atoms with E-state index in [1.165, 1.54) is 0 Å². The third kappa shape index (κ3) is 3.04. The molecule has 152 valence electrons. The van der Waals surface area contributed by atoms with E-state index in [1.54, 1.807) is 0 Å². The van der Waals surface area contributed by atoms with E-state index in [4.69, 9.17) is 0 Å². The number of piperidine rings is 1. The van der Waals surface area contributed by atoms with Crippen molar-refractivity contribution < 1.29 is 9.90 Å². The lowest BCUT2D eigenvalue weighted by molar-refractivity contribution is -0.158. The maximum absolute atomic E-state index is 13.6. The van der Waals surface area contributed by atoms with E-state index in [0.29, 0.717) is 13.0 Å². The Morgan fingerprint density at radius 2 is 1.97 bits per heavy atom. The van der Waals surface area contributed by atoms with Crippen LogP contribution < -0.4 is 5.32 Å². The number of benzene rings is 1. The quantitative estimate of drug-likeness (QED) is 0.669. The van der Waals surface area contributed by atoms with Crippen LogP contribution in [-0.4, -0.2) is 39.6 Å². The number of rotatable bonds is 2. The smallest absolute Gasteiger partial charge is 0.266 e. The fourth-order valence-electron chi connectivity index (χ4n) is 5.51. The van der Waals surface area contributed by atoms with Gasteiger partial charge in [-0.3, -0.25) is 4.79 Å². The van der Waals surface area contributed by atoms with Crippen molar-refractivity contribution in [3.63, 3.8) is 0 Å². The van der Waals surface area contributed by atoms with Crippen molar-refractivity contribution in [2.24, 2.45) is 5.92 Å². The maximum Gasteiger partial charge on any atom is 0.266 e. The monoisotopic (exact) mass is 455 g/mol. The molecule has 1 saturated heterocycles. The van der Waals surface area contributed by atoms with Gasteiger partial charge in [-0.25, -0.2) is 0 Å². The van der Waals surface area contributed by atoms with Gasteiger partial charge < -0.3 is 20.2 Å². The summed E-state index contributed by atoms with van der Waals surface area (Å²) in [4.78, 5) is 17.7. The third-order valence-electron chi connectivity index (χ3n) is 6.92. The molecule has 3 aliphatic heterocycles. The van der Waals surface area contributed by atoms with Gasteiger partial charge in [0.05, 0.1) is 11.3 Å². The first-order valence-electron chi connectivity index (χ1n) is 10.5. The van der Waals surface area contributed by atoms with Gasteiger partial charge in [0.2, 0.25) is 0 Å². The van der Waals surface area contributed by atoms with Crippen molar-refractivity contribution in [2.45, 2.75) is 49.9 Å². The summed E-state index contributed by atoms with van der Waals surface area (Å²) < 4.78 is 0.842. The Morgan fingerprint density at radius 3 is 2.79 bits per heavy atom. The van der Waals surface area contributed by atoms with E-state index >= 15 is 0 Å². The van der Waals surface area contributed by atoms with Crippen molar-refractivity contribution in [3.8, 4) is 0 Å². The first-order chi connectivity index (χ1) is 14.1. The first kappa shape index (κ1) is 18.9. The number of aliphatic hydroxyl groups is 1. The van der Waals surface area contributed by atoms with Crippen LogP contribution in [0.1, 0.15) is 37.7 Å². The molecule has 5 nitrogen and oxygen atoms in total. The van der Waals surface area contributed by atoms with E-state index in [2.05, 4.69) is 21.2 Å². The van der Waals surface area contributed by atoms with Gasteiger partial charge in [-0.2, -0.15) is 0 Å². The van der Waals surface area contributed by atoms with E-state index in [9.17, 15) is 9.90 Å². The second kappa shape index (κ2) is 7.33. The molecule has 1 unspecified atom stereocenters. The Labute approximate surface area is 179 Å². The number of halogens is 1. The van der Waals surface area contributed by atoms with Crippen LogP contribution in [0.15, 0.2) is 65.1 Å². The summed E-state index contributed by atoms with van der Waals surface area (Å²) in [5, 5.41) is 15.0. The molecule has 4 atom stereocenters. The molecule has 1 aliphatic carbocycles. The molecule has 0 spiro atoms. The predicted molar refractivity (Wildman–Crippen MR) is 115 cm³/mol. The molecule has 3 heterocycles. The van der Waals surface area contributed by atoms with Crippen LogP contribution in [-0.2, 0) is 10.4 Å². The van der Waals surface area contributed by atoms with Crippen LogP contribution in [0.5, 0.6) is 0 Å². The molecule has 0 bridgehead atoms. The van der Waals surface area contributed by atoms with Crippen LogP contribution in [0.4, 0.5) is 0 Å². The molecular weight excluding hydrogens is 430 g/mol. The zero-order valence-corrected chi connectivity index (χ0v) is 17.9. The maximum atomic E-state index is 13.6. The standard InChI is InChI=1S/C23H26BrN3O2/c24-20-19-12-6-7-14-26(19)21(25-20)22(28)27-15-13-23(29,16-8-2-1-3-9-16)17-10-4-5-11-18(17)27/h1-3,6-9,12,14,17-18,21,25,29H,4-5,10-11,13,15H2/t17-,18+,21?,23-/m0/s1. The fourth-order valence-corrected chi connectivity index (χ4v) is 6.06. The van der Waals surface area contributed by atoms with Gasteiger partial charge in [-0.15, -0.1) is 0 Å². The second-order valence-electron chi connectivity index (χ2n) is 8.38. The average Bonchev–Trinajstić information content (AvgIpc) is 3.11. The Hall–Kier alpha value is -2.05. The van der Waals surface area contributed by atoms with Crippen LogP contribution >= 0.6 is 15.9 Å². The van der Waals surface area contributed by atoms with Gasteiger partial charge >= 0.3 is 0 Å². The minimum absolute atomic E-state index is 0.0733. The lowest BCUT2D eigenvalue weighted by atomic mass is 9.66. The molecule has 29 heavy (non-hydrogen) atoms. The Bertz CT molecular complexity index is 897. The molecule has 1 saturated carbocycles. The lowest BCUT2D eigenvalue weighted by Crippen LogP contribution is -2.62. The highest BCUT2D eigenvalue weighted by atomic mass is 79.9. The van der Waals surface area contributed by atoms with Crippen molar-refractivity contribution >= 4 is 21.8 Å². The molecule has 0 radical (unpaired) electrons. The summed E-state index contributed by atoms with van der Waals surface area (Å²) in [6, 6.07) is 10.1. The zero-order valence-electron chi connectivity index (χ0n) is 16.3. The SMILES string of the molecule is O=C(C1NC(Br)=C2C=CC=CN21)N1CC[C@](O)(c2ccccc2)[C@H]2CCCC[C@H]21. The molecule has 1 aromatic carbocycles. The largest absolute Gasteiger partial charge is 0.385 e. The molecule has 1 amide bonds. The molecular formula is C23H26BrN3O2. The normalized spacial score (nSPS) is 33.4. The summed E-state index contributed by atoms with van der Waals surface area (Å²) in [6.45, 7) is 0.573. The van der Waals surface area contributed by atoms with E-state index in [-0.39, 0.29) is 17.9 Å². The number of allylic oxidation sites excluding steroid dienone is 3. The highest BCUT2D eigenvalue weighted by Gasteiger charge is 2.51. The van der Waals surface area contributed by atoms with E-state index < -0.39 is 11.8 Å². The molecule has 6 heteroatoms. The van der Waals surface area contributed by atoms with Gasteiger partial charge in [0.25, 0.3) is 5.91 Å². The number of nitrogens with one attached hydrogen (secondary N) is 1. The van der Waals surface area contributed by atoms with Crippen molar-refractivity contribution in [1.82, 2.24) is 15.1 Å². The van der Waals surface area contributed by atoms with Gasteiger partial charge in [0, 0.05) is 24.7 Å². The third-order valence-corrected chi connectivity index (χ3v) is 7.56. The molecule has 2 fully saturated rings. The Kier molecular flexibility index (Phi) is 4.79. The van der Waals surface area contributed by atoms with Crippen molar-refractivity contribution in [2.75, 3.05) is 6.54 Å². The number of carbonyl (C=O) groups is 1. The second-order valence-corrected chi connectivity index (χ2v) is 9.18. The lowest BCUT2D eigenvalue weighted by Gasteiger charge is -2.53. The molecule has 4 aliphatic rings. The molecule has 0 aromatic heterocycles. The number of fused-ring (bicyclic) bond motifs is 2. The van der Waals surface area contributed by atoms with Crippen LogP contribution in [0.25, 0.3) is 0 Å². The summed E-state index contributed by atoms with van der Waals surface area (Å²) in [6.07, 6.45) is 12.1. The highest BCUT2D eigenvalue weighted by Crippen LogP contribution is 2.47. The van der Waals surface area contributed by atoms with Crippen molar-refractivity contribution in [3.05, 3.63) is 70.6 Å². The minimum Gasteiger partial charge on any atom is -0.385 e. The highest BCUT2D eigenvalue weighted by molar-refractivity contribution is 9.11. The summed E-state index contributed by atoms with van der Waals surface area (Å²) >= 11 is 3.56.